The summed E-state index contributed by atoms with van der Waals surface area (Å²) in [5, 5.41) is 50.6. The Hall–Kier alpha value is -3.52. The number of rotatable bonds is 7. The van der Waals surface area contributed by atoms with Crippen molar-refractivity contribution in [3.8, 4) is 29.1 Å². The van der Waals surface area contributed by atoms with Crippen LogP contribution in [-0.2, 0) is 16.8 Å². The highest BCUT2D eigenvalue weighted by Crippen LogP contribution is 2.50. The molecule has 1 saturated carbocycles. The minimum atomic E-state index is -0.784. The predicted octanol–water partition coefficient (Wildman–Crippen LogP) is 3.81. The smallest absolute Gasteiger partial charge is 0.306 e. The van der Waals surface area contributed by atoms with Gasteiger partial charge in [-0.3, -0.25) is 4.79 Å². The Morgan fingerprint density at radius 2 is 1.82 bits per heavy atom. The minimum Gasteiger partial charge on any atom is -0.508 e. The number of aromatic hydroxyl groups is 1. The molecule has 2 aliphatic rings. The summed E-state index contributed by atoms with van der Waals surface area (Å²) in [5.41, 5.74) is 1.10. The van der Waals surface area contributed by atoms with E-state index in [9.17, 15) is 20.3 Å². The molecule has 10 heteroatoms. The van der Waals surface area contributed by atoms with Gasteiger partial charge in [0, 0.05) is 23.2 Å². The summed E-state index contributed by atoms with van der Waals surface area (Å²) in [6.45, 7) is 7.12. The summed E-state index contributed by atoms with van der Waals surface area (Å²) >= 11 is 0. The summed E-state index contributed by atoms with van der Waals surface area (Å²) in [5.74, 6) is 0.566. The van der Waals surface area contributed by atoms with Gasteiger partial charge in [0.2, 0.25) is 5.75 Å². The molecule has 2 aromatic carbocycles. The molecule has 1 unspecified atom stereocenters. The Kier molecular flexibility index (Phi) is 10.3. The lowest BCUT2D eigenvalue weighted by Gasteiger charge is -2.36. The highest BCUT2D eigenvalue weighted by Gasteiger charge is 2.42. The number of aliphatic carboxylic acids is 1. The van der Waals surface area contributed by atoms with Crippen LogP contribution in [0.25, 0.3) is 0 Å². The van der Waals surface area contributed by atoms with Gasteiger partial charge in [0.15, 0.2) is 11.5 Å². The first-order chi connectivity index (χ1) is 18.9. The van der Waals surface area contributed by atoms with E-state index in [0.29, 0.717) is 73.8 Å². The number of nitriles is 1. The molecule has 1 heterocycles. The van der Waals surface area contributed by atoms with Crippen LogP contribution in [0.5, 0.6) is 23.0 Å². The van der Waals surface area contributed by atoms with E-state index in [0.717, 1.165) is 5.56 Å². The molecule has 0 spiro atoms. The summed E-state index contributed by atoms with van der Waals surface area (Å²) in [6, 6.07) is 10.8. The van der Waals surface area contributed by atoms with E-state index < -0.39 is 17.5 Å². The van der Waals surface area contributed by atoms with Crippen LogP contribution in [0, 0.1) is 17.2 Å². The van der Waals surface area contributed by atoms with E-state index in [1.807, 2.05) is 26.8 Å². The Labute approximate surface area is 235 Å². The molecule has 1 fully saturated rings. The van der Waals surface area contributed by atoms with Gasteiger partial charge in [0.25, 0.3) is 0 Å². The number of aliphatic hydroxyl groups excluding tert-OH is 2. The second-order valence-corrected chi connectivity index (χ2v) is 11.2. The van der Waals surface area contributed by atoms with Crippen LogP contribution in [0.4, 0.5) is 0 Å². The first-order valence-electron chi connectivity index (χ1n) is 13.4. The van der Waals surface area contributed by atoms with E-state index in [1.54, 1.807) is 25.3 Å². The van der Waals surface area contributed by atoms with Crippen molar-refractivity contribution in [2.45, 2.75) is 70.1 Å². The summed E-state index contributed by atoms with van der Waals surface area (Å²) in [7, 11) is 1.56. The number of carboxylic acid groups (broad SMARTS) is 1. The second-order valence-electron chi connectivity index (χ2n) is 11.2. The Morgan fingerprint density at radius 1 is 1.18 bits per heavy atom. The molecule has 4 rings (SSSR count). The number of β-amino-alcohol motifs (C(OH)–C–C–N with tert-alkyl or cyclic N) is 1. The topological polar surface area (TPSA) is 161 Å². The number of methoxy groups -OCH3 is 1. The van der Waals surface area contributed by atoms with Crippen molar-refractivity contribution in [2.75, 3.05) is 26.9 Å². The zero-order valence-electron chi connectivity index (χ0n) is 23.6. The van der Waals surface area contributed by atoms with Crippen LogP contribution in [0.2, 0.25) is 0 Å². The largest absolute Gasteiger partial charge is 0.508 e. The highest BCUT2D eigenvalue weighted by molar-refractivity contribution is 5.70. The third-order valence-corrected chi connectivity index (χ3v) is 7.27. The van der Waals surface area contributed by atoms with Crippen LogP contribution < -0.4 is 19.5 Å². The number of fused-ring (bicyclic) bond motifs is 1. The first kappa shape index (κ1) is 31.0. The number of hydrogen-bond donors (Lipinski definition) is 5. The lowest BCUT2D eigenvalue weighted by molar-refractivity contribution is -0.143. The van der Waals surface area contributed by atoms with Gasteiger partial charge in [-0.25, -0.2) is 0 Å². The lowest BCUT2D eigenvalue weighted by Crippen LogP contribution is -2.38. The standard InChI is InChI=1S/C17H19NO5.C13H21NO3/c1-21-13-3-2-12(14-15(13)23-9-8-22-14)17(10-18)6-4-11(5-7-17)16(19)20;1-13(2,3)14-7-12(17)9-4-5-11(16)10(6-9)8-15/h2-3,11H,4-9H2,1H3,(H,19,20);4-6,12,14-17H,7-8H2,1-3H3. The van der Waals surface area contributed by atoms with Crippen molar-refractivity contribution >= 4 is 5.97 Å². The van der Waals surface area contributed by atoms with Gasteiger partial charge in [-0.15, -0.1) is 0 Å². The molecule has 0 saturated heterocycles. The van der Waals surface area contributed by atoms with Gasteiger partial charge in [-0.1, -0.05) is 6.07 Å². The fourth-order valence-electron chi connectivity index (χ4n) is 4.91. The van der Waals surface area contributed by atoms with Crippen LogP contribution in [0.1, 0.15) is 69.2 Å². The monoisotopic (exact) mass is 556 g/mol. The molecule has 1 atom stereocenters. The van der Waals surface area contributed by atoms with Crippen molar-refractivity contribution in [2.24, 2.45) is 5.92 Å². The first-order valence-corrected chi connectivity index (χ1v) is 13.4. The van der Waals surface area contributed by atoms with Gasteiger partial charge in [0.1, 0.15) is 19.0 Å². The number of hydrogen-bond acceptors (Lipinski definition) is 9. The number of nitrogens with one attached hydrogen (secondary N) is 1. The summed E-state index contributed by atoms with van der Waals surface area (Å²) in [4.78, 5) is 11.2. The second kappa shape index (κ2) is 13.2. The van der Waals surface area contributed by atoms with Crippen LogP contribution in [-0.4, -0.2) is 58.8 Å². The maximum atomic E-state index is 11.2. The SMILES string of the molecule is CC(C)(C)NCC(O)c1ccc(O)c(CO)c1.COc1ccc(C2(C#N)CCC(C(=O)O)CC2)c2c1OCCO2. The van der Waals surface area contributed by atoms with Crippen molar-refractivity contribution in [1.29, 1.82) is 5.26 Å². The molecule has 40 heavy (non-hydrogen) atoms. The maximum Gasteiger partial charge on any atom is 0.306 e. The third kappa shape index (κ3) is 7.36. The van der Waals surface area contributed by atoms with Gasteiger partial charge in [-0.05, 0) is 76.3 Å². The molecule has 0 aromatic heterocycles. The quantitative estimate of drug-likeness (QED) is 0.339. The minimum absolute atomic E-state index is 0.0484. The van der Waals surface area contributed by atoms with Crippen molar-refractivity contribution < 1.29 is 39.4 Å². The lowest BCUT2D eigenvalue weighted by atomic mass is 9.67. The molecule has 2 aromatic rings. The molecular formula is C30H40N2O8. The number of carbonyl (C=O) groups is 1. The van der Waals surface area contributed by atoms with Crippen molar-refractivity contribution in [1.82, 2.24) is 5.32 Å². The molecular weight excluding hydrogens is 516 g/mol. The molecule has 10 nitrogen and oxygen atoms in total. The Balaban J connectivity index is 0.000000232. The Bertz CT molecular complexity index is 1210. The predicted molar refractivity (Wildman–Crippen MR) is 148 cm³/mol. The van der Waals surface area contributed by atoms with Crippen LogP contribution in [0.3, 0.4) is 0 Å². The number of nitrogens with zero attached hydrogens (tertiary/aromatic N) is 1. The van der Waals surface area contributed by atoms with Gasteiger partial charge >= 0.3 is 5.97 Å². The Morgan fingerprint density at radius 3 is 2.38 bits per heavy atom. The molecule has 1 aliphatic carbocycles. The molecule has 5 N–H and O–H groups in total. The zero-order valence-corrected chi connectivity index (χ0v) is 23.6. The van der Waals surface area contributed by atoms with Crippen molar-refractivity contribution in [3.05, 3.63) is 47.0 Å². The maximum absolute atomic E-state index is 11.2. The number of aliphatic hydroxyl groups is 2. The number of carboxylic acids is 1. The van der Waals surface area contributed by atoms with E-state index in [-0.39, 0.29) is 23.8 Å². The van der Waals surface area contributed by atoms with Crippen LogP contribution >= 0.6 is 0 Å². The summed E-state index contributed by atoms with van der Waals surface area (Å²) < 4.78 is 16.8. The average molecular weight is 557 g/mol. The average Bonchev–Trinajstić information content (AvgIpc) is 2.95. The number of ether oxygens (including phenoxy) is 3. The van der Waals surface area contributed by atoms with Gasteiger partial charge in [0.05, 0.1) is 37.2 Å². The van der Waals surface area contributed by atoms with Crippen molar-refractivity contribution in [3.63, 3.8) is 0 Å². The fraction of sp³-hybridized carbons (Fsp3) is 0.533. The molecule has 0 radical (unpaired) electrons. The van der Waals surface area contributed by atoms with Gasteiger partial charge in [-0.2, -0.15) is 5.26 Å². The number of phenols is 1. The molecule has 0 bridgehead atoms. The van der Waals surface area contributed by atoms with E-state index in [4.69, 9.17) is 24.4 Å². The molecule has 1 aliphatic heterocycles. The van der Waals surface area contributed by atoms with E-state index >= 15 is 0 Å². The fourth-order valence-corrected chi connectivity index (χ4v) is 4.91. The van der Waals surface area contributed by atoms with Crippen LogP contribution in [0.15, 0.2) is 30.3 Å². The van der Waals surface area contributed by atoms with E-state index in [2.05, 4.69) is 11.4 Å². The zero-order chi connectivity index (χ0) is 29.5. The highest BCUT2D eigenvalue weighted by atomic mass is 16.6. The molecule has 0 amide bonds. The molecule has 218 valence electrons. The third-order valence-electron chi connectivity index (χ3n) is 7.27. The normalized spacial score (nSPS) is 20.9. The van der Waals surface area contributed by atoms with Gasteiger partial charge < -0.3 is 40.0 Å². The number of benzene rings is 2. The summed E-state index contributed by atoms with van der Waals surface area (Å²) in [6.07, 6.45) is 1.33. The van der Waals surface area contributed by atoms with E-state index in [1.165, 1.54) is 6.07 Å².